The van der Waals surface area contributed by atoms with Crippen LogP contribution in [0.1, 0.15) is 49.2 Å². The van der Waals surface area contributed by atoms with Gasteiger partial charge in [-0.15, -0.1) is 11.3 Å². The maximum Gasteiger partial charge on any atom is 0.261 e. The van der Waals surface area contributed by atoms with Gasteiger partial charge in [0.2, 0.25) is 5.91 Å². The molecule has 2 fully saturated rings. The average molecular weight is 350 g/mol. The molecule has 0 bridgehead atoms. The van der Waals surface area contributed by atoms with Crippen molar-refractivity contribution in [2.24, 2.45) is 0 Å². The van der Waals surface area contributed by atoms with E-state index in [1.54, 1.807) is 6.07 Å². The monoisotopic (exact) mass is 349 g/mol. The summed E-state index contributed by atoms with van der Waals surface area (Å²) < 4.78 is 0. The Labute approximate surface area is 148 Å². The van der Waals surface area contributed by atoms with Crippen molar-refractivity contribution in [1.82, 2.24) is 15.1 Å². The molecule has 2 amide bonds. The van der Waals surface area contributed by atoms with E-state index in [0.717, 1.165) is 45.3 Å². The highest BCUT2D eigenvalue weighted by Crippen LogP contribution is 2.32. The van der Waals surface area contributed by atoms with Crippen molar-refractivity contribution >= 4 is 23.2 Å². The molecule has 1 saturated heterocycles. The molecule has 1 aromatic rings. The molecule has 1 aliphatic heterocycles. The number of hydrogen-bond donors (Lipinski definition) is 1. The molecule has 2 aliphatic rings. The van der Waals surface area contributed by atoms with Crippen molar-refractivity contribution in [3.8, 4) is 0 Å². The van der Waals surface area contributed by atoms with Gasteiger partial charge in [0.05, 0.1) is 4.88 Å². The van der Waals surface area contributed by atoms with Crippen molar-refractivity contribution in [3.63, 3.8) is 0 Å². The third-order valence-corrected chi connectivity index (χ3v) is 5.92. The molecule has 0 spiro atoms. The molecule has 2 heterocycles. The van der Waals surface area contributed by atoms with E-state index in [1.165, 1.54) is 11.3 Å². The second-order valence-electron chi connectivity index (χ2n) is 6.81. The lowest BCUT2D eigenvalue weighted by molar-refractivity contribution is -0.136. The Morgan fingerprint density at radius 2 is 1.96 bits per heavy atom. The maximum absolute atomic E-state index is 13.0. The standard InChI is InChI=1S/C18H27N3O2S/c1-3-20-10-8-15(9-11-20)21(14-6-7-14)18(23)13(2)19-17(22)16-5-4-12-24-16/h4-5,12-15H,3,6-11H2,1-2H3,(H,19,22)/t13-/m1/s1. The molecular weight excluding hydrogens is 322 g/mol. The molecule has 1 atom stereocenters. The highest BCUT2D eigenvalue weighted by molar-refractivity contribution is 7.12. The Morgan fingerprint density at radius 3 is 2.50 bits per heavy atom. The summed E-state index contributed by atoms with van der Waals surface area (Å²) in [6.45, 7) is 7.20. The van der Waals surface area contributed by atoms with Gasteiger partial charge in [0.25, 0.3) is 5.91 Å². The molecule has 1 aromatic heterocycles. The van der Waals surface area contributed by atoms with Gasteiger partial charge in [0.15, 0.2) is 0 Å². The van der Waals surface area contributed by atoms with Gasteiger partial charge in [-0.25, -0.2) is 0 Å². The molecular formula is C18H27N3O2S. The lowest BCUT2D eigenvalue weighted by atomic mass is 10.0. The molecule has 0 aromatic carbocycles. The summed E-state index contributed by atoms with van der Waals surface area (Å²) in [5.74, 6) is -0.0697. The first kappa shape index (κ1) is 17.4. The number of nitrogens with one attached hydrogen (secondary N) is 1. The molecule has 132 valence electrons. The number of piperidine rings is 1. The van der Waals surface area contributed by atoms with Crippen LogP contribution in [0.3, 0.4) is 0 Å². The van der Waals surface area contributed by atoms with E-state index >= 15 is 0 Å². The van der Waals surface area contributed by atoms with E-state index < -0.39 is 6.04 Å². The van der Waals surface area contributed by atoms with E-state index in [9.17, 15) is 9.59 Å². The topological polar surface area (TPSA) is 52.6 Å². The zero-order valence-corrected chi connectivity index (χ0v) is 15.3. The fourth-order valence-electron chi connectivity index (χ4n) is 3.49. The van der Waals surface area contributed by atoms with Crippen molar-refractivity contribution in [2.45, 2.75) is 57.7 Å². The molecule has 0 unspecified atom stereocenters. The number of amides is 2. The fraction of sp³-hybridized carbons (Fsp3) is 0.667. The quantitative estimate of drug-likeness (QED) is 0.858. The Hall–Kier alpha value is -1.40. The minimum Gasteiger partial charge on any atom is -0.340 e. The van der Waals surface area contributed by atoms with Crippen molar-refractivity contribution < 1.29 is 9.59 Å². The summed E-state index contributed by atoms with van der Waals surface area (Å²) in [4.78, 5) is 30.4. The molecule has 3 rings (SSSR count). The lowest BCUT2D eigenvalue weighted by Crippen LogP contribution is -2.54. The van der Waals surface area contributed by atoms with Crippen LogP contribution in [0.4, 0.5) is 0 Å². The molecule has 1 N–H and O–H groups in total. The van der Waals surface area contributed by atoms with Gasteiger partial charge < -0.3 is 15.1 Å². The van der Waals surface area contributed by atoms with Gasteiger partial charge in [-0.3, -0.25) is 9.59 Å². The average Bonchev–Trinajstić information content (AvgIpc) is 3.26. The maximum atomic E-state index is 13.0. The number of likely N-dealkylation sites (tertiary alicyclic amines) is 1. The van der Waals surface area contributed by atoms with Crippen LogP contribution in [-0.4, -0.2) is 59.4 Å². The van der Waals surface area contributed by atoms with E-state index in [-0.39, 0.29) is 11.8 Å². The van der Waals surface area contributed by atoms with Gasteiger partial charge in [-0.1, -0.05) is 13.0 Å². The summed E-state index contributed by atoms with van der Waals surface area (Å²) in [5, 5.41) is 4.75. The van der Waals surface area contributed by atoms with Crippen LogP contribution in [0.25, 0.3) is 0 Å². The van der Waals surface area contributed by atoms with Crippen molar-refractivity contribution in [1.29, 1.82) is 0 Å². The summed E-state index contributed by atoms with van der Waals surface area (Å²) in [6, 6.07) is 3.88. The SMILES string of the molecule is CCN1CCC(N(C(=O)[C@@H](C)NC(=O)c2cccs2)C2CC2)CC1. The van der Waals surface area contributed by atoms with Crippen LogP contribution < -0.4 is 5.32 Å². The Bertz CT molecular complexity index is 563. The van der Waals surface area contributed by atoms with Crippen LogP contribution in [-0.2, 0) is 4.79 Å². The van der Waals surface area contributed by atoms with E-state index in [0.29, 0.717) is 17.0 Å². The number of nitrogens with zero attached hydrogens (tertiary/aromatic N) is 2. The third kappa shape index (κ3) is 3.98. The number of hydrogen-bond acceptors (Lipinski definition) is 4. The van der Waals surface area contributed by atoms with Crippen LogP contribution >= 0.6 is 11.3 Å². The number of rotatable bonds is 6. The summed E-state index contributed by atoms with van der Waals surface area (Å²) in [7, 11) is 0. The second kappa shape index (κ2) is 7.66. The first-order valence-corrected chi connectivity index (χ1v) is 9.87. The largest absolute Gasteiger partial charge is 0.340 e. The minimum absolute atomic E-state index is 0.0809. The molecule has 1 aliphatic carbocycles. The van der Waals surface area contributed by atoms with Crippen molar-refractivity contribution in [3.05, 3.63) is 22.4 Å². The van der Waals surface area contributed by atoms with Gasteiger partial charge in [0, 0.05) is 25.2 Å². The minimum atomic E-state index is -0.468. The summed E-state index contributed by atoms with van der Waals surface area (Å²) in [6.07, 6.45) is 4.29. The summed E-state index contributed by atoms with van der Waals surface area (Å²) in [5.41, 5.74) is 0. The molecule has 1 saturated carbocycles. The van der Waals surface area contributed by atoms with Crippen LogP contribution in [0, 0.1) is 0 Å². The lowest BCUT2D eigenvalue weighted by Gasteiger charge is -2.39. The molecule has 0 radical (unpaired) electrons. The van der Waals surface area contributed by atoms with Gasteiger partial charge in [-0.2, -0.15) is 0 Å². The van der Waals surface area contributed by atoms with Crippen LogP contribution in [0.2, 0.25) is 0 Å². The van der Waals surface area contributed by atoms with Gasteiger partial charge in [0.1, 0.15) is 6.04 Å². The second-order valence-corrected chi connectivity index (χ2v) is 7.76. The fourth-order valence-corrected chi connectivity index (χ4v) is 4.11. The zero-order valence-electron chi connectivity index (χ0n) is 14.5. The number of carbonyl (C=O) groups excluding carboxylic acids is 2. The van der Waals surface area contributed by atoms with E-state index in [2.05, 4.69) is 22.0 Å². The molecule has 5 nitrogen and oxygen atoms in total. The first-order chi connectivity index (χ1) is 11.6. The number of thiophene rings is 1. The van der Waals surface area contributed by atoms with Crippen LogP contribution in [0.5, 0.6) is 0 Å². The Morgan fingerprint density at radius 1 is 1.29 bits per heavy atom. The summed E-state index contributed by atoms with van der Waals surface area (Å²) >= 11 is 1.40. The third-order valence-electron chi connectivity index (χ3n) is 5.06. The molecule has 24 heavy (non-hydrogen) atoms. The Kier molecular flexibility index (Phi) is 5.56. The van der Waals surface area contributed by atoms with Gasteiger partial charge in [-0.05, 0) is 50.6 Å². The predicted octanol–water partition coefficient (Wildman–Crippen LogP) is 2.34. The normalized spacial score (nSPS) is 20.6. The predicted molar refractivity (Wildman–Crippen MR) is 96.3 cm³/mol. The van der Waals surface area contributed by atoms with Crippen molar-refractivity contribution in [2.75, 3.05) is 19.6 Å². The highest BCUT2D eigenvalue weighted by atomic mass is 32.1. The Balaban J connectivity index is 1.61. The molecule has 6 heteroatoms. The smallest absolute Gasteiger partial charge is 0.261 e. The van der Waals surface area contributed by atoms with Crippen LogP contribution in [0.15, 0.2) is 17.5 Å². The van der Waals surface area contributed by atoms with Gasteiger partial charge >= 0.3 is 0 Å². The van der Waals surface area contributed by atoms with E-state index in [1.807, 2.05) is 18.4 Å². The number of carbonyl (C=O) groups is 2. The first-order valence-electron chi connectivity index (χ1n) is 8.99. The van der Waals surface area contributed by atoms with E-state index in [4.69, 9.17) is 0 Å². The highest BCUT2D eigenvalue weighted by Gasteiger charge is 2.40. The zero-order chi connectivity index (χ0) is 17.1.